The third-order valence-electron chi connectivity index (χ3n) is 5.93. The summed E-state index contributed by atoms with van der Waals surface area (Å²) in [6.07, 6.45) is 1.91. The maximum Gasteiger partial charge on any atom is 0.326 e. The van der Waals surface area contributed by atoms with Gasteiger partial charge in [-0.3, -0.25) is 18.8 Å². The number of hydrogen-bond donors (Lipinski definition) is 2. The van der Waals surface area contributed by atoms with Crippen molar-refractivity contribution >= 4 is 62.5 Å². The van der Waals surface area contributed by atoms with E-state index >= 15 is 0 Å². The van der Waals surface area contributed by atoms with Crippen LogP contribution in [0.3, 0.4) is 0 Å². The normalized spacial score (nSPS) is 13.4. The summed E-state index contributed by atoms with van der Waals surface area (Å²) >= 11 is 12.1. The van der Waals surface area contributed by atoms with Gasteiger partial charge >= 0.3 is 12.0 Å². The number of ether oxygens (including phenoxy) is 1. The number of anilines is 2. The first-order chi connectivity index (χ1) is 18.0. The number of nitrogens with one attached hydrogen (secondary N) is 2. The van der Waals surface area contributed by atoms with Crippen LogP contribution in [0.25, 0.3) is 0 Å². The van der Waals surface area contributed by atoms with Gasteiger partial charge in [0.2, 0.25) is 5.91 Å². The van der Waals surface area contributed by atoms with Crippen LogP contribution in [0.15, 0.2) is 41.3 Å². The second kappa shape index (κ2) is 12.7. The molecule has 3 rings (SSSR count). The molecule has 0 bridgehead atoms. The molecule has 0 saturated heterocycles. The number of esters is 1. The van der Waals surface area contributed by atoms with Gasteiger partial charge in [-0.05, 0) is 61.7 Å². The van der Waals surface area contributed by atoms with Crippen LogP contribution in [0.1, 0.15) is 32.3 Å². The Hall–Kier alpha value is -3.02. The van der Waals surface area contributed by atoms with Crippen LogP contribution in [-0.4, -0.2) is 59.1 Å². The van der Waals surface area contributed by atoms with Crippen molar-refractivity contribution in [1.82, 2.24) is 10.6 Å². The second-order valence-corrected chi connectivity index (χ2v) is 11.4. The van der Waals surface area contributed by atoms with Crippen molar-refractivity contribution in [2.45, 2.75) is 44.0 Å². The number of carbonyl (C=O) groups is 3. The van der Waals surface area contributed by atoms with E-state index in [9.17, 15) is 22.8 Å². The molecule has 1 unspecified atom stereocenters. The Labute approximate surface area is 232 Å². The molecule has 1 atom stereocenters. The average Bonchev–Trinajstić information content (AvgIpc) is 3.29. The summed E-state index contributed by atoms with van der Waals surface area (Å²) in [6.45, 7) is 3.46. The van der Waals surface area contributed by atoms with E-state index < -0.39 is 34.6 Å². The molecule has 10 nitrogen and oxygen atoms in total. The number of hydrogen-bond acceptors (Lipinski definition) is 6. The van der Waals surface area contributed by atoms with E-state index in [0.29, 0.717) is 30.6 Å². The summed E-state index contributed by atoms with van der Waals surface area (Å²) in [7, 11) is -2.79. The molecule has 2 N–H and O–H groups in total. The smallest absolute Gasteiger partial charge is 0.326 e. The lowest BCUT2D eigenvalue weighted by Crippen LogP contribution is -2.49. The second-order valence-electron chi connectivity index (χ2n) is 8.69. The molecular weight excluding hydrogens is 555 g/mol. The molecule has 38 heavy (non-hydrogen) atoms. The van der Waals surface area contributed by atoms with Gasteiger partial charge in [0, 0.05) is 29.3 Å². The molecule has 2 aromatic rings. The number of rotatable bonds is 10. The molecule has 0 spiro atoms. The Morgan fingerprint density at radius 1 is 1.13 bits per heavy atom. The number of urea groups is 1. The van der Waals surface area contributed by atoms with E-state index in [2.05, 4.69) is 10.6 Å². The van der Waals surface area contributed by atoms with Gasteiger partial charge in [-0.15, -0.1) is 0 Å². The van der Waals surface area contributed by atoms with Gasteiger partial charge in [-0.2, -0.15) is 0 Å². The van der Waals surface area contributed by atoms with E-state index in [1.807, 2.05) is 6.92 Å². The Bertz CT molecular complexity index is 1300. The first-order valence-electron chi connectivity index (χ1n) is 12.0. The maximum atomic E-state index is 13.7. The molecule has 206 valence electrons. The van der Waals surface area contributed by atoms with Crippen LogP contribution in [0.4, 0.5) is 16.2 Å². The number of sulfonamides is 1. The highest BCUT2D eigenvalue weighted by atomic mass is 35.5. The minimum Gasteiger partial charge on any atom is -0.464 e. The fraction of sp³-hybridized carbons (Fsp3) is 0.400. The summed E-state index contributed by atoms with van der Waals surface area (Å²) in [5, 5.41) is 5.37. The van der Waals surface area contributed by atoms with Gasteiger partial charge in [0.1, 0.15) is 12.6 Å². The lowest BCUT2D eigenvalue weighted by atomic mass is 10.1. The number of benzene rings is 2. The quantitative estimate of drug-likeness (QED) is 0.324. The number of unbranched alkanes of at least 4 members (excludes halogenated alkanes) is 1. The van der Waals surface area contributed by atoms with Crippen molar-refractivity contribution in [3.63, 3.8) is 0 Å². The molecule has 1 aliphatic heterocycles. The van der Waals surface area contributed by atoms with Crippen LogP contribution in [-0.2, 0) is 30.8 Å². The predicted octanol–water partition coefficient (Wildman–Crippen LogP) is 3.74. The van der Waals surface area contributed by atoms with Crippen molar-refractivity contribution in [1.29, 1.82) is 0 Å². The van der Waals surface area contributed by atoms with Crippen molar-refractivity contribution in [2.24, 2.45) is 0 Å². The fourth-order valence-electron chi connectivity index (χ4n) is 3.91. The number of nitrogens with zero attached hydrogens (tertiary/aromatic N) is 2. The van der Waals surface area contributed by atoms with Crippen molar-refractivity contribution in [2.75, 3.05) is 35.9 Å². The predicted molar refractivity (Wildman–Crippen MR) is 146 cm³/mol. The van der Waals surface area contributed by atoms with Gasteiger partial charge < -0.3 is 15.4 Å². The van der Waals surface area contributed by atoms with Crippen LogP contribution < -0.4 is 19.8 Å². The molecule has 0 aliphatic carbocycles. The molecule has 3 amide bonds. The standard InChI is InChI=1S/C25H30Cl2N4O6S/c1-4-5-10-37-23(32)15-31(38(35,36)21-13-18(26)12-19(27)14-21)20-6-7-22-17(11-20)8-9-30(22)25(34)29-16(2)24(33)28-3/h6-7,11-14,16H,4-5,8-10,15H2,1-3H3,(H,28,33)(H,29,34). The lowest BCUT2D eigenvalue weighted by molar-refractivity contribution is -0.141. The van der Waals surface area contributed by atoms with Crippen LogP contribution in [0, 0.1) is 0 Å². The van der Waals surface area contributed by atoms with Gasteiger partial charge in [0.15, 0.2) is 0 Å². The van der Waals surface area contributed by atoms with E-state index in [1.54, 1.807) is 19.1 Å². The molecule has 0 aromatic heterocycles. The molecule has 1 heterocycles. The molecule has 13 heteroatoms. The van der Waals surface area contributed by atoms with Crippen LogP contribution in [0.2, 0.25) is 10.0 Å². The van der Waals surface area contributed by atoms with Gasteiger partial charge in [-0.25, -0.2) is 13.2 Å². The van der Waals surface area contributed by atoms with Crippen LogP contribution >= 0.6 is 23.2 Å². The molecular formula is C25H30Cl2N4O6S. The van der Waals surface area contributed by atoms with Gasteiger partial charge in [0.25, 0.3) is 10.0 Å². The highest BCUT2D eigenvalue weighted by Gasteiger charge is 2.32. The molecule has 0 fully saturated rings. The van der Waals surface area contributed by atoms with Crippen LogP contribution in [0.5, 0.6) is 0 Å². The minimum atomic E-state index is -4.27. The summed E-state index contributed by atoms with van der Waals surface area (Å²) < 4.78 is 33.5. The number of amides is 3. The maximum absolute atomic E-state index is 13.7. The van der Waals surface area contributed by atoms with E-state index in [4.69, 9.17) is 27.9 Å². The zero-order valence-corrected chi connectivity index (χ0v) is 23.6. The summed E-state index contributed by atoms with van der Waals surface area (Å²) in [5.41, 5.74) is 1.49. The Morgan fingerprint density at radius 3 is 2.45 bits per heavy atom. The number of carbonyl (C=O) groups excluding carboxylic acids is 3. The number of halogens is 2. The Morgan fingerprint density at radius 2 is 1.82 bits per heavy atom. The van der Waals surface area contributed by atoms with E-state index in [-0.39, 0.29) is 33.1 Å². The fourth-order valence-corrected chi connectivity index (χ4v) is 6.04. The first kappa shape index (κ1) is 29.5. The monoisotopic (exact) mass is 584 g/mol. The molecule has 0 saturated carbocycles. The third-order valence-corrected chi connectivity index (χ3v) is 8.12. The SMILES string of the molecule is CCCCOC(=O)CN(c1ccc2c(c1)CCN2C(=O)NC(C)C(=O)NC)S(=O)(=O)c1cc(Cl)cc(Cl)c1. The lowest BCUT2D eigenvalue weighted by Gasteiger charge is -2.25. The minimum absolute atomic E-state index is 0.128. The average molecular weight is 586 g/mol. The Kier molecular flexibility index (Phi) is 9.86. The van der Waals surface area contributed by atoms with Gasteiger partial charge in [-0.1, -0.05) is 36.5 Å². The highest BCUT2D eigenvalue weighted by molar-refractivity contribution is 7.92. The van der Waals surface area contributed by atoms with Crippen molar-refractivity contribution < 1.29 is 27.5 Å². The van der Waals surface area contributed by atoms with Gasteiger partial charge in [0.05, 0.1) is 17.2 Å². The summed E-state index contributed by atoms with van der Waals surface area (Å²) in [6, 6.07) is 7.47. The third kappa shape index (κ3) is 6.89. The Balaban J connectivity index is 1.94. The molecule has 1 aliphatic rings. The summed E-state index contributed by atoms with van der Waals surface area (Å²) in [4.78, 5) is 38.5. The largest absolute Gasteiger partial charge is 0.464 e. The summed E-state index contributed by atoms with van der Waals surface area (Å²) in [5.74, 6) is -1.04. The first-order valence-corrected chi connectivity index (χ1v) is 14.2. The van der Waals surface area contributed by atoms with Crippen molar-refractivity contribution in [3.8, 4) is 0 Å². The zero-order chi connectivity index (χ0) is 28.0. The van der Waals surface area contributed by atoms with E-state index in [1.165, 1.54) is 36.2 Å². The zero-order valence-electron chi connectivity index (χ0n) is 21.3. The topological polar surface area (TPSA) is 125 Å². The molecule has 0 radical (unpaired) electrons. The van der Waals surface area contributed by atoms with Crippen molar-refractivity contribution in [3.05, 3.63) is 52.0 Å². The number of fused-ring (bicyclic) bond motifs is 1. The number of likely N-dealkylation sites (N-methyl/N-ethyl adjacent to an activating group) is 1. The highest BCUT2D eigenvalue weighted by Crippen LogP contribution is 2.34. The molecule has 2 aromatic carbocycles. The van der Waals surface area contributed by atoms with E-state index in [0.717, 1.165) is 10.7 Å².